The van der Waals surface area contributed by atoms with Crippen molar-refractivity contribution in [1.82, 2.24) is 15.2 Å². The van der Waals surface area contributed by atoms with Gasteiger partial charge in [-0.2, -0.15) is 0 Å². The van der Waals surface area contributed by atoms with Crippen molar-refractivity contribution in [3.05, 3.63) is 71.4 Å². The third-order valence-corrected chi connectivity index (χ3v) is 6.22. The van der Waals surface area contributed by atoms with Gasteiger partial charge in [0.15, 0.2) is 0 Å². The van der Waals surface area contributed by atoms with Crippen LogP contribution >= 0.6 is 11.6 Å². The molecule has 36 heavy (non-hydrogen) atoms. The number of aliphatic hydroxyl groups is 1. The molecule has 0 aliphatic rings. The Bertz CT molecular complexity index is 1180. The SMILES string of the molecule is CN(C(=O)NCc1ccccc1Cl)[C@@H](CCCC(C)(C)O)COC(=O)Nc1cc2ccccc2cn1. The zero-order chi connectivity index (χ0) is 26.1. The van der Waals surface area contributed by atoms with Crippen molar-refractivity contribution < 1.29 is 19.4 Å². The molecular formula is C27H33ClN4O4. The number of carbonyl (C=O) groups is 2. The van der Waals surface area contributed by atoms with Crippen molar-refractivity contribution >= 4 is 40.3 Å². The lowest BCUT2D eigenvalue weighted by Gasteiger charge is -2.29. The fraction of sp³-hybridized carbons (Fsp3) is 0.370. The molecule has 0 unspecified atom stereocenters. The van der Waals surface area contributed by atoms with Crippen LogP contribution in [0.2, 0.25) is 5.02 Å². The summed E-state index contributed by atoms with van der Waals surface area (Å²) in [5.74, 6) is 0.378. The lowest BCUT2D eigenvalue weighted by Crippen LogP contribution is -2.46. The lowest BCUT2D eigenvalue weighted by atomic mass is 9.99. The summed E-state index contributed by atoms with van der Waals surface area (Å²) in [6.45, 7) is 3.74. The molecule has 0 saturated heterocycles. The van der Waals surface area contributed by atoms with E-state index in [4.69, 9.17) is 16.3 Å². The first-order valence-electron chi connectivity index (χ1n) is 11.9. The number of nitrogens with one attached hydrogen (secondary N) is 2. The van der Waals surface area contributed by atoms with E-state index in [1.54, 1.807) is 39.2 Å². The molecule has 0 radical (unpaired) electrons. The first kappa shape index (κ1) is 27.2. The Morgan fingerprint density at radius 3 is 2.56 bits per heavy atom. The van der Waals surface area contributed by atoms with Gasteiger partial charge < -0.3 is 20.1 Å². The number of aromatic nitrogens is 1. The number of nitrogens with zero attached hydrogens (tertiary/aromatic N) is 2. The van der Waals surface area contributed by atoms with Gasteiger partial charge in [0.25, 0.3) is 0 Å². The molecule has 1 atom stereocenters. The minimum absolute atomic E-state index is 0.0126. The molecule has 9 heteroatoms. The monoisotopic (exact) mass is 512 g/mol. The molecule has 192 valence electrons. The molecule has 3 amide bonds. The largest absolute Gasteiger partial charge is 0.447 e. The first-order chi connectivity index (χ1) is 17.1. The molecule has 3 N–H and O–H groups in total. The molecule has 3 rings (SSSR count). The number of likely N-dealkylation sites (N-methyl/N-ethyl adjacent to an activating group) is 1. The third kappa shape index (κ3) is 8.39. The van der Waals surface area contributed by atoms with Crippen molar-refractivity contribution in [1.29, 1.82) is 0 Å². The average Bonchev–Trinajstić information content (AvgIpc) is 2.84. The smallest absolute Gasteiger partial charge is 0.412 e. The maximum atomic E-state index is 12.8. The van der Waals surface area contributed by atoms with E-state index >= 15 is 0 Å². The summed E-state index contributed by atoms with van der Waals surface area (Å²) in [5, 5.41) is 18.1. The second-order valence-electron chi connectivity index (χ2n) is 9.36. The van der Waals surface area contributed by atoms with E-state index in [1.807, 2.05) is 42.5 Å². The van der Waals surface area contributed by atoms with Crippen LogP contribution in [0.3, 0.4) is 0 Å². The third-order valence-electron chi connectivity index (χ3n) is 5.85. The zero-order valence-electron chi connectivity index (χ0n) is 20.8. The average molecular weight is 513 g/mol. The summed E-state index contributed by atoms with van der Waals surface area (Å²) in [6.07, 6.45) is 2.76. The molecule has 3 aromatic rings. The number of benzene rings is 2. The number of urea groups is 1. The Morgan fingerprint density at radius 2 is 1.83 bits per heavy atom. The van der Waals surface area contributed by atoms with Crippen LogP contribution in [0.25, 0.3) is 10.8 Å². The number of halogens is 1. The van der Waals surface area contributed by atoms with Gasteiger partial charge >= 0.3 is 12.1 Å². The summed E-state index contributed by atoms with van der Waals surface area (Å²) in [7, 11) is 1.66. The first-order valence-corrected chi connectivity index (χ1v) is 12.3. The Hall–Kier alpha value is -3.36. The van der Waals surface area contributed by atoms with Gasteiger partial charge in [-0.1, -0.05) is 54.1 Å². The number of hydrogen-bond acceptors (Lipinski definition) is 5. The zero-order valence-corrected chi connectivity index (χ0v) is 21.6. The Morgan fingerprint density at radius 1 is 1.14 bits per heavy atom. The highest BCUT2D eigenvalue weighted by molar-refractivity contribution is 6.31. The molecule has 1 aromatic heterocycles. The van der Waals surface area contributed by atoms with E-state index in [0.717, 1.165) is 16.3 Å². The molecule has 0 saturated carbocycles. The van der Waals surface area contributed by atoms with Gasteiger partial charge in [0.05, 0.1) is 11.6 Å². The van der Waals surface area contributed by atoms with Gasteiger partial charge in [-0.25, -0.2) is 14.6 Å². The van der Waals surface area contributed by atoms with E-state index in [1.165, 1.54) is 4.90 Å². The van der Waals surface area contributed by atoms with Gasteiger partial charge in [0.1, 0.15) is 12.4 Å². The summed E-state index contributed by atoms with van der Waals surface area (Å²) in [5.41, 5.74) is -0.0203. The number of pyridine rings is 1. The molecule has 0 fully saturated rings. The van der Waals surface area contributed by atoms with E-state index in [0.29, 0.717) is 30.1 Å². The van der Waals surface area contributed by atoms with Crippen LogP contribution in [0.1, 0.15) is 38.7 Å². The van der Waals surface area contributed by atoms with Crippen LogP contribution in [-0.4, -0.2) is 52.4 Å². The number of hydrogen-bond donors (Lipinski definition) is 3. The topological polar surface area (TPSA) is 104 Å². The van der Waals surface area contributed by atoms with Crippen LogP contribution < -0.4 is 10.6 Å². The normalized spacial score (nSPS) is 12.1. The van der Waals surface area contributed by atoms with Gasteiger partial charge in [-0.3, -0.25) is 5.32 Å². The molecular weight excluding hydrogens is 480 g/mol. The number of ether oxygens (including phenoxy) is 1. The van der Waals surface area contributed by atoms with E-state index in [-0.39, 0.29) is 19.2 Å². The van der Waals surface area contributed by atoms with Crippen LogP contribution in [0.5, 0.6) is 0 Å². The van der Waals surface area contributed by atoms with E-state index < -0.39 is 17.7 Å². The van der Waals surface area contributed by atoms with Crippen LogP contribution in [0.15, 0.2) is 60.8 Å². The molecule has 1 heterocycles. The van der Waals surface area contributed by atoms with E-state index in [9.17, 15) is 14.7 Å². The second-order valence-corrected chi connectivity index (χ2v) is 9.77. The lowest BCUT2D eigenvalue weighted by molar-refractivity contribution is 0.0625. The van der Waals surface area contributed by atoms with Crippen molar-refractivity contribution in [2.24, 2.45) is 0 Å². The molecule has 0 bridgehead atoms. The molecule has 8 nitrogen and oxygen atoms in total. The predicted octanol–water partition coefficient (Wildman–Crippen LogP) is 5.59. The second kappa shape index (κ2) is 12.6. The Kier molecular flexibility index (Phi) is 9.50. The Balaban J connectivity index is 1.59. The maximum Gasteiger partial charge on any atom is 0.412 e. The van der Waals surface area contributed by atoms with Gasteiger partial charge in [0, 0.05) is 30.2 Å². The standard InChI is InChI=1S/C27H33ClN4O4/c1-27(2,35)14-8-12-22(32(3)25(33)30-17-21-11-6-7-13-23(21)28)18-36-26(34)31-24-15-19-9-4-5-10-20(19)16-29-24/h4-7,9-11,13,15-16,22,35H,8,12,14,17-18H2,1-3H3,(H,30,33)(H,29,31,34)/t22-/m0/s1. The summed E-state index contributed by atoms with van der Waals surface area (Å²) in [6, 6.07) is 16.1. The van der Waals surface area contributed by atoms with E-state index in [2.05, 4.69) is 15.6 Å². The van der Waals surface area contributed by atoms with Gasteiger partial charge in [-0.15, -0.1) is 0 Å². The fourth-order valence-corrected chi connectivity index (χ4v) is 3.93. The minimum Gasteiger partial charge on any atom is -0.447 e. The highest BCUT2D eigenvalue weighted by Gasteiger charge is 2.23. The van der Waals surface area contributed by atoms with Crippen molar-refractivity contribution in [3.8, 4) is 0 Å². The predicted molar refractivity (Wildman–Crippen MR) is 142 cm³/mol. The van der Waals surface area contributed by atoms with Gasteiger partial charge in [0.2, 0.25) is 0 Å². The van der Waals surface area contributed by atoms with Crippen molar-refractivity contribution in [3.63, 3.8) is 0 Å². The van der Waals surface area contributed by atoms with Gasteiger partial charge in [-0.05, 0) is 56.2 Å². The van der Waals surface area contributed by atoms with Crippen molar-refractivity contribution in [2.45, 2.75) is 51.3 Å². The minimum atomic E-state index is -0.824. The van der Waals surface area contributed by atoms with Crippen molar-refractivity contribution in [2.75, 3.05) is 19.0 Å². The number of amides is 3. The number of anilines is 1. The molecule has 0 aliphatic heterocycles. The highest BCUT2D eigenvalue weighted by atomic mass is 35.5. The summed E-state index contributed by atoms with van der Waals surface area (Å²) in [4.78, 5) is 31.1. The summed E-state index contributed by atoms with van der Waals surface area (Å²) >= 11 is 6.19. The fourth-order valence-electron chi connectivity index (χ4n) is 3.73. The molecule has 0 aliphatic carbocycles. The van der Waals surface area contributed by atoms with Crippen LogP contribution in [0, 0.1) is 0 Å². The maximum absolute atomic E-state index is 12.8. The van der Waals surface area contributed by atoms with Crippen LogP contribution in [-0.2, 0) is 11.3 Å². The number of carbonyl (C=O) groups excluding carboxylic acids is 2. The summed E-state index contributed by atoms with van der Waals surface area (Å²) < 4.78 is 5.46. The highest BCUT2D eigenvalue weighted by Crippen LogP contribution is 2.18. The number of fused-ring (bicyclic) bond motifs is 1. The number of rotatable bonds is 10. The molecule has 0 spiro atoms. The quantitative estimate of drug-likeness (QED) is 0.328. The Labute approximate surface area is 216 Å². The molecule has 2 aromatic carbocycles. The van der Waals surface area contributed by atoms with Crippen LogP contribution in [0.4, 0.5) is 15.4 Å².